The van der Waals surface area contributed by atoms with E-state index in [1.165, 1.54) is 0 Å². The van der Waals surface area contributed by atoms with Crippen LogP contribution in [0.2, 0.25) is 0 Å². The van der Waals surface area contributed by atoms with Gasteiger partial charge in [-0.15, -0.1) is 0 Å². The predicted molar refractivity (Wildman–Crippen MR) is 56.5 cm³/mol. The Labute approximate surface area is 91.4 Å². The lowest BCUT2D eigenvalue weighted by Crippen LogP contribution is -1.91. The highest BCUT2D eigenvalue weighted by Crippen LogP contribution is 2.23. The SMILES string of the molecule is Cc1ccc(-c2cc(F)c(F)c(F)c2)cc1. The van der Waals surface area contributed by atoms with Crippen molar-refractivity contribution in [1.82, 2.24) is 0 Å². The lowest BCUT2D eigenvalue weighted by atomic mass is 10.0. The monoisotopic (exact) mass is 222 g/mol. The smallest absolute Gasteiger partial charge is 0.194 e. The molecular formula is C13H9F3. The van der Waals surface area contributed by atoms with Crippen LogP contribution in [0.1, 0.15) is 5.56 Å². The number of hydrogen-bond acceptors (Lipinski definition) is 0. The Morgan fingerprint density at radius 1 is 0.750 bits per heavy atom. The molecule has 0 aliphatic heterocycles. The normalized spacial score (nSPS) is 10.5. The van der Waals surface area contributed by atoms with Crippen molar-refractivity contribution < 1.29 is 13.2 Å². The summed E-state index contributed by atoms with van der Waals surface area (Å²) in [5.41, 5.74) is 2.03. The molecule has 0 aliphatic carbocycles. The molecule has 0 nitrogen and oxygen atoms in total. The van der Waals surface area contributed by atoms with Gasteiger partial charge in [-0.3, -0.25) is 0 Å². The lowest BCUT2D eigenvalue weighted by Gasteiger charge is -2.04. The summed E-state index contributed by atoms with van der Waals surface area (Å²) in [4.78, 5) is 0. The zero-order valence-corrected chi connectivity index (χ0v) is 8.60. The van der Waals surface area contributed by atoms with Gasteiger partial charge < -0.3 is 0 Å². The maximum absolute atomic E-state index is 13.0. The maximum atomic E-state index is 13.0. The third-order valence-electron chi connectivity index (χ3n) is 2.37. The number of hydrogen-bond donors (Lipinski definition) is 0. The molecule has 0 bridgehead atoms. The second-order valence-corrected chi connectivity index (χ2v) is 3.62. The van der Waals surface area contributed by atoms with Crippen molar-refractivity contribution >= 4 is 0 Å². The van der Waals surface area contributed by atoms with E-state index in [1.807, 2.05) is 19.1 Å². The van der Waals surface area contributed by atoms with E-state index in [0.29, 0.717) is 11.1 Å². The van der Waals surface area contributed by atoms with Crippen molar-refractivity contribution in [2.24, 2.45) is 0 Å². The van der Waals surface area contributed by atoms with Gasteiger partial charge in [-0.25, -0.2) is 13.2 Å². The third kappa shape index (κ3) is 1.94. The van der Waals surface area contributed by atoms with E-state index in [1.54, 1.807) is 12.1 Å². The van der Waals surface area contributed by atoms with Crippen molar-refractivity contribution in [3.8, 4) is 11.1 Å². The Hall–Kier alpha value is -1.77. The van der Waals surface area contributed by atoms with E-state index in [9.17, 15) is 13.2 Å². The highest BCUT2D eigenvalue weighted by atomic mass is 19.2. The van der Waals surface area contributed by atoms with Crippen molar-refractivity contribution in [1.29, 1.82) is 0 Å². The quantitative estimate of drug-likeness (QED) is 0.638. The summed E-state index contributed by atoms with van der Waals surface area (Å²) in [5.74, 6) is -3.78. The molecule has 0 spiro atoms. The fourth-order valence-corrected chi connectivity index (χ4v) is 1.47. The minimum absolute atomic E-state index is 0.330. The third-order valence-corrected chi connectivity index (χ3v) is 2.37. The molecule has 0 unspecified atom stereocenters. The van der Waals surface area contributed by atoms with Crippen LogP contribution in [0.15, 0.2) is 36.4 Å². The van der Waals surface area contributed by atoms with E-state index < -0.39 is 17.5 Å². The second-order valence-electron chi connectivity index (χ2n) is 3.62. The first kappa shape index (κ1) is 10.7. The van der Waals surface area contributed by atoms with Gasteiger partial charge in [0.25, 0.3) is 0 Å². The predicted octanol–water partition coefficient (Wildman–Crippen LogP) is 4.08. The minimum atomic E-state index is -1.43. The van der Waals surface area contributed by atoms with E-state index >= 15 is 0 Å². The summed E-state index contributed by atoms with van der Waals surface area (Å²) in [7, 11) is 0. The summed E-state index contributed by atoms with van der Waals surface area (Å²) in [6, 6.07) is 9.11. The highest BCUT2D eigenvalue weighted by molar-refractivity contribution is 5.63. The Morgan fingerprint density at radius 2 is 1.25 bits per heavy atom. The van der Waals surface area contributed by atoms with Gasteiger partial charge in [0, 0.05) is 0 Å². The van der Waals surface area contributed by atoms with Crippen molar-refractivity contribution in [2.75, 3.05) is 0 Å². The van der Waals surface area contributed by atoms with E-state index in [2.05, 4.69) is 0 Å². The molecule has 0 amide bonds. The van der Waals surface area contributed by atoms with Crippen molar-refractivity contribution in [3.63, 3.8) is 0 Å². The van der Waals surface area contributed by atoms with Crippen LogP contribution in [0.5, 0.6) is 0 Å². The zero-order chi connectivity index (χ0) is 11.7. The van der Waals surface area contributed by atoms with Crippen molar-refractivity contribution in [2.45, 2.75) is 6.92 Å². The summed E-state index contributed by atoms with van der Waals surface area (Å²) in [6.45, 7) is 1.91. The standard InChI is InChI=1S/C13H9F3/c1-8-2-4-9(5-3-8)10-6-11(14)13(16)12(15)7-10/h2-7H,1H3. The lowest BCUT2D eigenvalue weighted by molar-refractivity contribution is 0.448. The van der Waals surface area contributed by atoms with Gasteiger partial charge in [-0.05, 0) is 30.2 Å². The van der Waals surface area contributed by atoms with Crippen LogP contribution in [-0.4, -0.2) is 0 Å². The Bertz CT molecular complexity index is 492. The van der Waals surface area contributed by atoms with Crippen LogP contribution < -0.4 is 0 Å². The molecule has 0 radical (unpaired) electrons. The van der Waals surface area contributed by atoms with Gasteiger partial charge in [-0.2, -0.15) is 0 Å². The molecular weight excluding hydrogens is 213 g/mol. The van der Waals surface area contributed by atoms with Gasteiger partial charge in [0.15, 0.2) is 17.5 Å². The molecule has 0 aromatic heterocycles. The fourth-order valence-electron chi connectivity index (χ4n) is 1.47. The van der Waals surface area contributed by atoms with Crippen molar-refractivity contribution in [3.05, 3.63) is 59.4 Å². The summed E-state index contributed by atoms with van der Waals surface area (Å²) in [5, 5.41) is 0. The molecule has 2 rings (SSSR count). The number of aryl methyl sites for hydroxylation is 1. The van der Waals surface area contributed by atoms with Crippen LogP contribution >= 0.6 is 0 Å². The Kier molecular flexibility index (Phi) is 2.69. The largest absolute Gasteiger partial charge is 0.204 e. The molecule has 0 aliphatic rings. The molecule has 2 aromatic rings. The number of halogens is 3. The van der Waals surface area contributed by atoms with Crippen LogP contribution in [0.4, 0.5) is 13.2 Å². The van der Waals surface area contributed by atoms with E-state index in [4.69, 9.17) is 0 Å². The van der Waals surface area contributed by atoms with Gasteiger partial charge in [0.1, 0.15) is 0 Å². The molecule has 0 N–H and O–H groups in total. The summed E-state index contributed by atoms with van der Waals surface area (Å²) < 4.78 is 38.7. The molecule has 0 heterocycles. The average Bonchev–Trinajstić information content (AvgIpc) is 2.26. The van der Waals surface area contributed by atoms with Gasteiger partial charge in [0.05, 0.1) is 0 Å². The van der Waals surface area contributed by atoms with E-state index in [0.717, 1.165) is 17.7 Å². The average molecular weight is 222 g/mol. The second kappa shape index (κ2) is 4.00. The highest BCUT2D eigenvalue weighted by Gasteiger charge is 2.11. The topological polar surface area (TPSA) is 0 Å². The maximum Gasteiger partial charge on any atom is 0.194 e. The molecule has 2 aromatic carbocycles. The van der Waals surface area contributed by atoms with Gasteiger partial charge in [0.2, 0.25) is 0 Å². The fraction of sp³-hybridized carbons (Fsp3) is 0.0769. The zero-order valence-electron chi connectivity index (χ0n) is 8.60. The minimum Gasteiger partial charge on any atom is -0.204 e. The number of rotatable bonds is 1. The summed E-state index contributed by atoms with van der Waals surface area (Å²) in [6.07, 6.45) is 0. The van der Waals surface area contributed by atoms with Crippen LogP contribution in [0, 0.1) is 24.4 Å². The molecule has 16 heavy (non-hydrogen) atoms. The van der Waals surface area contributed by atoms with Gasteiger partial charge >= 0.3 is 0 Å². The number of benzene rings is 2. The van der Waals surface area contributed by atoms with Gasteiger partial charge in [-0.1, -0.05) is 29.8 Å². The van der Waals surface area contributed by atoms with Crippen LogP contribution in [-0.2, 0) is 0 Å². The first-order chi connectivity index (χ1) is 7.58. The molecule has 3 heteroatoms. The molecule has 0 fully saturated rings. The Balaban J connectivity index is 2.52. The molecule has 0 saturated heterocycles. The molecule has 0 saturated carbocycles. The first-order valence-corrected chi connectivity index (χ1v) is 4.79. The Morgan fingerprint density at radius 3 is 1.75 bits per heavy atom. The first-order valence-electron chi connectivity index (χ1n) is 4.79. The summed E-state index contributed by atoms with van der Waals surface area (Å²) >= 11 is 0. The molecule has 82 valence electrons. The van der Waals surface area contributed by atoms with Crippen LogP contribution in [0.3, 0.4) is 0 Å². The molecule has 0 atom stereocenters. The van der Waals surface area contributed by atoms with Crippen LogP contribution in [0.25, 0.3) is 11.1 Å². The van der Waals surface area contributed by atoms with E-state index in [-0.39, 0.29) is 0 Å².